The second kappa shape index (κ2) is 4.82. The number of nitrogens with zero attached hydrogens (tertiary/aromatic N) is 2. The number of aliphatic hydroxyl groups excluding tert-OH is 1. The zero-order valence-electron chi connectivity index (χ0n) is 11.1. The van der Waals surface area contributed by atoms with E-state index in [2.05, 4.69) is 5.10 Å². The third-order valence-corrected chi connectivity index (χ3v) is 3.03. The lowest BCUT2D eigenvalue weighted by Gasteiger charge is -2.08. The average Bonchev–Trinajstić information content (AvgIpc) is 2.57. The van der Waals surface area contributed by atoms with E-state index in [1.54, 1.807) is 11.6 Å². The van der Waals surface area contributed by atoms with Crippen molar-refractivity contribution in [1.82, 2.24) is 9.78 Å². The number of aliphatic hydroxyl groups is 1. The van der Waals surface area contributed by atoms with Crippen LogP contribution in [0.25, 0.3) is 0 Å². The predicted octanol–water partition coefficient (Wildman–Crippen LogP) is 2.88. The average molecular weight is 246 g/mol. The van der Waals surface area contributed by atoms with E-state index < -0.39 is 6.10 Å². The van der Waals surface area contributed by atoms with Gasteiger partial charge in [0, 0.05) is 7.05 Å². The summed E-state index contributed by atoms with van der Waals surface area (Å²) >= 11 is 0. The molecule has 0 fully saturated rings. The summed E-state index contributed by atoms with van der Waals surface area (Å²) in [5.74, 6) is 1.54. The van der Waals surface area contributed by atoms with Gasteiger partial charge in [-0.1, -0.05) is 12.1 Å². The fraction of sp³-hybridized carbons (Fsp3) is 0.357. The zero-order valence-corrected chi connectivity index (χ0v) is 11.1. The zero-order chi connectivity index (χ0) is 13.3. The molecule has 4 nitrogen and oxygen atoms in total. The molecule has 0 unspecified atom stereocenters. The lowest BCUT2D eigenvalue weighted by atomic mass is 10.1. The van der Waals surface area contributed by atoms with Crippen molar-refractivity contribution >= 4 is 0 Å². The first kappa shape index (κ1) is 12.6. The van der Waals surface area contributed by atoms with E-state index in [-0.39, 0.29) is 0 Å². The van der Waals surface area contributed by atoms with Crippen LogP contribution in [0, 0.1) is 13.8 Å². The molecule has 96 valence electrons. The standard InChI is InChI=1S/C14H18N2O2/c1-9-14(10(2)16(4)15-9)18-13-7-5-12(6-8-13)11(3)17/h5-8,11,17H,1-4H3/t11-/m0/s1. The molecule has 18 heavy (non-hydrogen) atoms. The van der Waals surface area contributed by atoms with Gasteiger partial charge in [-0.25, -0.2) is 0 Å². The highest BCUT2D eigenvalue weighted by Crippen LogP contribution is 2.28. The Labute approximate surface area is 107 Å². The fourth-order valence-electron chi connectivity index (χ4n) is 1.83. The van der Waals surface area contributed by atoms with Crippen LogP contribution < -0.4 is 4.74 Å². The van der Waals surface area contributed by atoms with E-state index in [0.717, 1.165) is 28.5 Å². The molecule has 1 aromatic carbocycles. The first-order chi connectivity index (χ1) is 8.49. The Hall–Kier alpha value is -1.81. The summed E-state index contributed by atoms with van der Waals surface area (Å²) in [4.78, 5) is 0. The van der Waals surface area contributed by atoms with Gasteiger partial charge in [-0.3, -0.25) is 4.68 Å². The van der Waals surface area contributed by atoms with Gasteiger partial charge in [0.2, 0.25) is 0 Å². The molecule has 2 aromatic rings. The third kappa shape index (κ3) is 2.38. The van der Waals surface area contributed by atoms with Gasteiger partial charge in [0.25, 0.3) is 0 Å². The molecule has 4 heteroatoms. The lowest BCUT2D eigenvalue weighted by Crippen LogP contribution is -1.93. The summed E-state index contributed by atoms with van der Waals surface area (Å²) in [5.41, 5.74) is 2.74. The number of aromatic nitrogens is 2. The molecule has 0 aliphatic carbocycles. The van der Waals surface area contributed by atoms with E-state index in [1.807, 2.05) is 45.2 Å². The molecule has 1 heterocycles. The molecule has 0 saturated carbocycles. The number of rotatable bonds is 3. The number of hydrogen-bond acceptors (Lipinski definition) is 3. The molecule has 2 rings (SSSR count). The fourth-order valence-corrected chi connectivity index (χ4v) is 1.83. The minimum atomic E-state index is -0.457. The van der Waals surface area contributed by atoms with Gasteiger partial charge in [0.1, 0.15) is 11.4 Å². The summed E-state index contributed by atoms with van der Waals surface area (Å²) in [5, 5.41) is 13.7. The van der Waals surface area contributed by atoms with Gasteiger partial charge in [-0.15, -0.1) is 0 Å². The van der Waals surface area contributed by atoms with Gasteiger partial charge >= 0.3 is 0 Å². The maximum Gasteiger partial charge on any atom is 0.171 e. The Morgan fingerprint density at radius 3 is 2.28 bits per heavy atom. The van der Waals surface area contributed by atoms with Crippen molar-refractivity contribution in [3.8, 4) is 11.5 Å². The molecule has 0 saturated heterocycles. The van der Waals surface area contributed by atoms with Gasteiger partial charge in [-0.05, 0) is 38.5 Å². The van der Waals surface area contributed by atoms with Crippen LogP contribution >= 0.6 is 0 Å². The highest BCUT2D eigenvalue weighted by atomic mass is 16.5. The monoisotopic (exact) mass is 246 g/mol. The van der Waals surface area contributed by atoms with Crippen LogP contribution in [0.3, 0.4) is 0 Å². The number of hydrogen-bond donors (Lipinski definition) is 1. The van der Waals surface area contributed by atoms with Crippen molar-refractivity contribution < 1.29 is 9.84 Å². The molecular weight excluding hydrogens is 228 g/mol. The van der Waals surface area contributed by atoms with Crippen molar-refractivity contribution in [2.24, 2.45) is 7.05 Å². The largest absolute Gasteiger partial charge is 0.453 e. The summed E-state index contributed by atoms with van der Waals surface area (Å²) in [6.07, 6.45) is -0.457. The normalized spacial score (nSPS) is 12.5. The Balaban J connectivity index is 2.23. The van der Waals surface area contributed by atoms with E-state index in [9.17, 15) is 5.11 Å². The van der Waals surface area contributed by atoms with Crippen LogP contribution in [0.4, 0.5) is 0 Å². The molecule has 0 amide bonds. The van der Waals surface area contributed by atoms with Gasteiger partial charge in [-0.2, -0.15) is 5.10 Å². The SMILES string of the molecule is Cc1nn(C)c(C)c1Oc1ccc([C@H](C)O)cc1. The van der Waals surface area contributed by atoms with E-state index in [1.165, 1.54) is 0 Å². The Morgan fingerprint density at radius 1 is 1.22 bits per heavy atom. The molecular formula is C14H18N2O2. The molecule has 0 spiro atoms. The topological polar surface area (TPSA) is 47.3 Å². The molecule has 1 atom stereocenters. The smallest absolute Gasteiger partial charge is 0.171 e. The molecule has 0 aliphatic rings. The van der Waals surface area contributed by atoms with Crippen LogP contribution in [-0.2, 0) is 7.05 Å². The number of benzene rings is 1. The van der Waals surface area contributed by atoms with E-state index >= 15 is 0 Å². The van der Waals surface area contributed by atoms with E-state index in [0.29, 0.717) is 0 Å². The maximum absolute atomic E-state index is 9.44. The minimum absolute atomic E-state index is 0.457. The van der Waals surface area contributed by atoms with Gasteiger partial charge in [0.15, 0.2) is 5.75 Å². The highest BCUT2D eigenvalue weighted by Gasteiger charge is 2.11. The molecule has 1 N–H and O–H groups in total. The van der Waals surface area contributed by atoms with Crippen LogP contribution in [-0.4, -0.2) is 14.9 Å². The van der Waals surface area contributed by atoms with Crippen LogP contribution in [0.2, 0.25) is 0 Å². The maximum atomic E-state index is 9.44. The molecule has 0 bridgehead atoms. The summed E-state index contributed by atoms with van der Waals surface area (Å²) in [6.45, 7) is 5.64. The van der Waals surface area contributed by atoms with Crippen molar-refractivity contribution in [1.29, 1.82) is 0 Å². The number of aryl methyl sites for hydroxylation is 2. The Bertz CT molecular complexity index is 542. The molecule has 0 radical (unpaired) electrons. The van der Waals surface area contributed by atoms with Crippen LogP contribution in [0.15, 0.2) is 24.3 Å². The minimum Gasteiger partial charge on any atom is -0.453 e. The van der Waals surface area contributed by atoms with Crippen molar-refractivity contribution in [3.05, 3.63) is 41.2 Å². The summed E-state index contributed by atoms with van der Waals surface area (Å²) < 4.78 is 7.63. The van der Waals surface area contributed by atoms with Crippen LogP contribution in [0.1, 0.15) is 30.0 Å². The highest BCUT2D eigenvalue weighted by molar-refractivity contribution is 5.38. The summed E-state index contributed by atoms with van der Waals surface area (Å²) in [7, 11) is 1.89. The van der Waals surface area contributed by atoms with Crippen molar-refractivity contribution in [2.75, 3.05) is 0 Å². The Morgan fingerprint density at radius 2 is 1.83 bits per heavy atom. The molecule has 1 aromatic heterocycles. The second-order valence-electron chi connectivity index (χ2n) is 4.47. The van der Waals surface area contributed by atoms with E-state index in [4.69, 9.17) is 4.74 Å². The first-order valence-electron chi connectivity index (χ1n) is 5.95. The van der Waals surface area contributed by atoms with Crippen molar-refractivity contribution in [3.63, 3.8) is 0 Å². The van der Waals surface area contributed by atoms with Gasteiger partial charge in [0.05, 0.1) is 11.8 Å². The number of ether oxygens (including phenoxy) is 1. The Kier molecular flexibility index (Phi) is 3.39. The summed E-state index contributed by atoms with van der Waals surface area (Å²) in [6, 6.07) is 7.43. The van der Waals surface area contributed by atoms with Crippen LogP contribution in [0.5, 0.6) is 11.5 Å². The molecule has 0 aliphatic heterocycles. The second-order valence-corrected chi connectivity index (χ2v) is 4.47. The first-order valence-corrected chi connectivity index (χ1v) is 5.95. The quantitative estimate of drug-likeness (QED) is 0.905. The third-order valence-electron chi connectivity index (χ3n) is 3.03. The van der Waals surface area contributed by atoms with Crippen molar-refractivity contribution in [2.45, 2.75) is 26.9 Å². The van der Waals surface area contributed by atoms with Gasteiger partial charge < -0.3 is 9.84 Å². The predicted molar refractivity (Wildman–Crippen MR) is 69.8 cm³/mol. The lowest BCUT2D eigenvalue weighted by molar-refractivity contribution is 0.199.